The van der Waals surface area contributed by atoms with Crippen LogP contribution < -0.4 is 0 Å². The lowest BCUT2D eigenvalue weighted by molar-refractivity contribution is -0.134. The van der Waals surface area contributed by atoms with E-state index in [-0.39, 0.29) is 22.1 Å². The average molecular weight is 300 g/mol. The molecule has 104 valence electrons. The lowest BCUT2D eigenvalue weighted by Gasteiger charge is -2.08. The second-order valence-corrected chi connectivity index (χ2v) is 7.57. The molecule has 0 fully saturated rings. The van der Waals surface area contributed by atoms with Gasteiger partial charge < -0.3 is 0 Å². The van der Waals surface area contributed by atoms with Gasteiger partial charge in [0.2, 0.25) is 0 Å². The number of thiophene rings is 1. The number of hydrogen-bond donors (Lipinski definition) is 0. The molecular formula is C11H15F3O2S2. The molecule has 0 amide bonds. The van der Waals surface area contributed by atoms with Crippen molar-refractivity contribution in [1.29, 1.82) is 0 Å². The first-order valence-corrected chi connectivity index (χ1v) is 7.92. The van der Waals surface area contributed by atoms with E-state index in [2.05, 4.69) is 0 Å². The van der Waals surface area contributed by atoms with Gasteiger partial charge in [0.05, 0.1) is 10.6 Å². The van der Waals surface area contributed by atoms with E-state index in [0.29, 0.717) is 16.2 Å². The van der Waals surface area contributed by atoms with Gasteiger partial charge in [0.25, 0.3) is 0 Å². The third-order valence-electron chi connectivity index (χ3n) is 2.59. The fourth-order valence-corrected chi connectivity index (χ4v) is 4.74. The van der Waals surface area contributed by atoms with Gasteiger partial charge in [0.15, 0.2) is 9.84 Å². The van der Waals surface area contributed by atoms with Gasteiger partial charge >= 0.3 is 6.18 Å². The quantitative estimate of drug-likeness (QED) is 0.845. The summed E-state index contributed by atoms with van der Waals surface area (Å²) in [6.45, 7) is 6.05. The van der Waals surface area contributed by atoms with Crippen molar-refractivity contribution >= 4 is 21.2 Å². The molecule has 1 rings (SSSR count). The first kappa shape index (κ1) is 15.5. The minimum absolute atomic E-state index is 0.127. The molecule has 18 heavy (non-hydrogen) atoms. The largest absolute Gasteiger partial charge is 0.425 e. The van der Waals surface area contributed by atoms with Crippen molar-refractivity contribution in [3.05, 3.63) is 15.3 Å². The molecule has 0 aliphatic heterocycles. The van der Waals surface area contributed by atoms with Crippen molar-refractivity contribution in [3.8, 4) is 0 Å². The van der Waals surface area contributed by atoms with Crippen LogP contribution in [0.4, 0.5) is 13.2 Å². The maximum atomic E-state index is 12.8. The summed E-state index contributed by atoms with van der Waals surface area (Å²) in [5.74, 6) is -0.442. The molecule has 2 nitrogen and oxygen atoms in total. The Hall–Kier alpha value is -0.560. The molecule has 0 unspecified atom stereocenters. The number of halogens is 3. The van der Waals surface area contributed by atoms with Crippen LogP contribution in [0, 0.1) is 6.92 Å². The summed E-state index contributed by atoms with van der Waals surface area (Å²) in [7, 11) is -3.63. The van der Waals surface area contributed by atoms with Crippen molar-refractivity contribution in [2.24, 2.45) is 0 Å². The van der Waals surface area contributed by atoms with Crippen molar-refractivity contribution < 1.29 is 21.6 Å². The second-order valence-electron chi connectivity index (χ2n) is 4.31. The number of hydrogen-bond acceptors (Lipinski definition) is 3. The summed E-state index contributed by atoms with van der Waals surface area (Å²) in [5.41, 5.74) is -0.168. The summed E-state index contributed by atoms with van der Waals surface area (Å²) in [6, 6.07) is 0. The molecule has 0 atom stereocenters. The highest BCUT2D eigenvalue weighted by molar-refractivity contribution is 7.91. The topological polar surface area (TPSA) is 34.1 Å². The zero-order chi connectivity index (χ0) is 14.3. The van der Waals surface area contributed by atoms with Crippen LogP contribution in [-0.4, -0.2) is 14.2 Å². The first-order chi connectivity index (χ1) is 8.02. The third-order valence-corrected chi connectivity index (χ3v) is 6.26. The first-order valence-electron chi connectivity index (χ1n) is 5.45. The molecule has 0 N–H and O–H groups in total. The highest BCUT2D eigenvalue weighted by Gasteiger charge is 2.39. The van der Waals surface area contributed by atoms with E-state index in [4.69, 9.17) is 0 Å². The van der Waals surface area contributed by atoms with Crippen molar-refractivity contribution in [2.75, 3.05) is 5.75 Å². The van der Waals surface area contributed by atoms with E-state index in [9.17, 15) is 21.6 Å². The highest BCUT2D eigenvalue weighted by atomic mass is 32.2. The monoisotopic (exact) mass is 300 g/mol. The Balaban J connectivity index is 3.65. The number of alkyl halides is 3. The predicted molar refractivity (Wildman–Crippen MR) is 65.9 cm³/mol. The highest BCUT2D eigenvalue weighted by Crippen LogP contribution is 2.44. The van der Waals surface area contributed by atoms with Crippen LogP contribution in [0.25, 0.3) is 0 Å². The predicted octanol–water partition coefficient (Wildman–Crippen LogP) is 3.99. The summed E-state index contributed by atoms with van der Waals surface area (Å²) in [6.07, 6.45) is -4.50. The zero-order valence-corrected chi connectivity index (χ0v) is 12.2. The minimum atomic E-state index is -4.50. The Morgan fingerprint density at radius 1 is 1.28 bits per heavy atom. The maximum absolute atomic E-state index is 12.8. The number of sulfone groups is 1. The molecule has 1 heterocycles. The van der Waals surface area contributed by atoms with Gasteiger partial charge in [-0.3, -0.25) is 0 Å². The molecule has 0 saturated heterocycles. The lowest BCUT2D eigenvalue weighted by atomic mass is 10.1. The molecule has 1 aromatic heterocycles. The van der Waals surface area contributed by atoms with Crippen LogP contribution in [-0.2, 0) is 16.0 Å². The molecule has 0 radical (unpaired) electrons. The van der Waals surface area contributed by atoms with E-state index in [1.165, 1.54) is 13.8 Å². The summed E-state index contributed by atoms with van der Waals surface area (Å²) < 4.78 is 62.3. The van der Waals surface area contributed by atoms with E-state index < -0.39 is 20.9 Å². The van der Waals surface area contributed by atoms with E-state index in [1.807, 2.05) is 0 Å². The molecule has 0 aliphatic carbocycles. The zero-order valence-electron chi connectivity index (χ0n) is 10.6. The van der Waals surface area contributed by atoms with Crippen molar-refractivity contribution in [3.63, 3.8) is 0 Å². The standard InChI is InChI=1S/C11H15F3O2S2/c1-5-18(15,16)9-7(4)10(11(12,13)14)17-8(9)6(2)3/h6H,5H2,1-4H3. The molecule has 0 saturated carbocycles. The maximum Gasteiger partial charge on any atom is 0.425 e. The Kier molecular flexibility index (Phi) is 4.17. The van der Waals surface area contributed by atoms with Gasteiger partial charge in [-0.05, 0) is 18.4 Å². The lowest BCUT2D eigenvalue weighted by Crippen LogP contribution is -2.09. The molecule has 0 aliphatic rings. The van der Waals surface area contributed by atoms with Crippen LogP contribution in [0.5, 0.6) is 0 Å². The minimum Gasteiger partial charge on any atom is -0.224 e. The van der Waals surface area contributed by atoms with Gasteiger partial charge in [0.1, 0.15) is 4.88 Å². The Morgan fingerprint density at radius 2 is 1.78 bits per heavy atom. The van der Waals surface area contributed by atoms with Gasteiger partial charge in [-0.2, -0.15) is 13.2 Å². The SMILES string of the molecule is CCS(=O)(=O)c1c(C(C)C)sc(C(F)(F)F)c1C. The smallest absolute Gasteiger partial charge is 0.224 e. The second kappa shape index (κ2) is 4.85. The normalized spacial score (nSPS) is 13.3. The van der Waals surface area contributed by atoms with E-state index in [0.717, 1.165) is 0 Å². The fourth-order valence-electron chi connectivity index (χ4n) is 1.70. The molecule has 0 spiro atoms. The van der Waals surface area contributed by atoms with Crippen LogP contribution in [0.2, 0.25) is 0 Å². The molecule has 7 heteroatoms. The Bertz CT molecular complexity index is 539. The van der Waals surface area contributed by atoms with E-state index >= 15 is 0 Å². The van der Waals surface area contributed by atoms with Crippen LogP contribution in [0.3, 0.4) is 0 Å². The summed E-state index contributed by atoms with van der Waals surface area (Å²) in [4.78, 5) is -0.641. The average Bonchev–Trinajstić information content (AvgIpc) is 2.56. The Morgan fingerprint density at radius 3 is 2.11 bits per heavy atom. The molecule has 0 aromatic carbocycles. The third kappa shape index (κ3) is 2.71. The van der Waals surface area contributed by atoms with Gasteiger partial charge in [-0.25, -0.2) is 8.42 Å². The summed E-state index contributed by atoms with van der Waals surface area (Å²) >= 11 is 0.539. The molecular weight excluding hydrogens is 285 g/mol. The van der Waals surface area contributed by atoms with Gasteiger partial charge in [0, 0.05) is 4.88 Å². The fraction of sp³-hybridized carbons (Fsp3) is 0.636. The van der Waals surface area contributed by atoms with Crippen LogP contribution >= 0.6 is 11.3 Å². The van der Waals surface area contributed by atoms with Crippen molar-refractivity contribution in [2.45, 2.75) is 44.7 Å². The van der Waals surface area contributed by atoms with Crippen molar-refractivity contribution in [1.82, 2.24) is 0 Å². The molecule has 0 bridgehead atoms. The molecule has 1 aromatic rings. The van der Waals surface area contributed by atoms with Gasteiger partial charge in [-0.15, -0.1) is 11.3 Å². The number of rotatable bonds is 3. The summed E-state index contributed by atoms with van der Waals surface area (Å²) in [5, 5.41) is 0. The Labute approximate surface area is 109 Å². The van der Waals surface area contributed by atoms with Gasteiger partial charge in [-0.1, -0.05) is 20.8 Å². The van der Waals surface area contributed by atoms with Crippen LogP contribution in [0.15, 0.2) is 4.90 Å². The van der Waals surface area contributed by atoms with Crippen LogP contribution in [0.1, 0.15) is 42.0 Å². The van der Waals surface area contributed by atoms with E-state index in [1.54, 1.807) is 13.8 Å².